The molecule has 1 fully saturated rings. The fraction of sp³-hybridized carbons (Fsp3) is 0.316. The van der Waals surface area contributed by atoms with Crippen LogP contribution in [0.15, 0.2) is 65.8 Å². The van der Waals surface area contributed by atoms with Crippen molar-refractivity contribution >= 4 is 5.71 Å². The molecule has 1 saturated heterocycles. The SMILES string of the molecule is CC1/C(=N\O)CC(c2ccccc2)N(C)C1c1ccccc1. The number of likely N-dealkylation sites (tertiary alicyclic amines) is 1. The van der Waals surface area contributed by atoms with E-state index in [0.717, 1.165) is 12.1 Å². The van der Waals surface area contributed by atoms with Crippen molar-refractivity contribution in [1.82, 2.24) is 4.90 Å². The summed E-state index contributed by atoms with van der Waals surface area (Å²) in [5.74, 6) is 0.192. The van der Waals surface area contributed by atoms with Crippen molar-refractivity contribution < 1.29 is 5.21 Å². The zero-order valence-corrected chi connectivity index (χ0v) is 13.1. The zero-order chi connectivity index (χ0) is 15.5. The summed E-state index contributed by atoms with van der Waals surface area (Å²) in [5.41, 5.74) is 3.40. The van der Waals surface area contributed by atoms with E-state index in [1.807, 2.05) is 12.1 Å². The zero-order valence-electron chi connectivity index (χ0n) is 13.1. The summed E-state index contributed by atoms with van der Waals surface area (Å²) in [6.45, 7) is 2.14. The second-order valence-corrected chi connectivity index (χ2v) is 6.03. The van der Waals surface area contributed by atoms with Crippen molar-refractivity contribution in [2.75, 3.05) is 7.05 Å². The third-order valence-corrected chi connectivity index (χ3v) is 4.79. The number of benzene rings is 2. The standard InChI is InChI=1S/C19H22N2O/c1-14-17(20-22)13-18(15-9-5-3-6-10-15)21(2)19(14)16-11-7-4-8-12-16/h3-12,14,18-19,22H,13H2,1-2H3/b20-17-. The van der Waals surface area contributed by atoms with E-state index in [2.05, 4.69) is 72.6 Å². The van der Waals surface area contributed by atoms with Gasteiger partial charge in [0.25, 0.3) is 0 Å². The van der Waals surface area contributed by atoms with Crippen molar-refractivity contribution in [3.8, 4) is 0 Å². The van der Waals surface area contributed by atoms with Crippen LogP contribution in [0.2, 0.25) is 0 Å². The number of hydrogen-bond acceptors (Lipinski definition) is 3. The summed E-state index contributed by atoms with van der Waals surface area (Å²) >= 11 is 0. The summed E-state index contributed by atoms with van der Waals surface area (Å²) in [6.07, 6.45) is 0.765. The van der Waals surface area contributed by atoms with Gasteiger partial charge in [-0.05, 0) is 18.2 Å². The highest BCUT2D eigenvalue weighted by molar-refractivity contribution is 5.88. The monoisotopic (exact) mass is 294 g/mol. The highest BCUT2D eigenvalue weighted by Crippen LogP contribution is 2.42. The molecule has 2 aromatic carbocycles. The molecule has 1 heterocycles. The van der Waals surface area contributed by atoms with Gasteiger partial charge in [-0.15, -0.1) is 0 Å². The topological polar surface area (TPSA) is 35.8 Å². The van der Waals surface area contributed by atoms with Crippen LogP contribution in [0.1, 0.15) is 36.6 Å². The first-order valence-corrected chi connectivity index (χ1v) is 7.75. The third kappa shape index (κ3) is 2.64. The summed E-state index contributed by atoms with van der Waals surface area (Å²) in [4.78, 5) is 2.41. The molecule has 1 N–H and O–H groups in total. The van der Waals surface area contributed by atoms with E-state index in [1.54, 1.807) is 0 Å². The molecule has 1 aliphatic heterocycles. The second kappa shape index (κ2) is 6.32. The van der Waals surface area contributed by atoms with Crippen molar-refractivity contribution in [2.45, 2.75) is 25.4 Å². The molecule has 0 radical (unpaired) electrons. The molecule has 0 saturated carbocycles. The molecule has 0 aliphatic carbocycles. The molecule has 3 rings (SSSR count). The molecule has 3 unspecified atom stereocenters. The molecule has 3 atom stereocenters. The van der Waals surface area contributed by atoms with Gasteiger partial charge in [0.15, 0.2) is 0 Å². The van der Waals surface area contributed by atoms with Gasteiger partial charge in [0.2, 0.25) is 0 Å². The van der Waals surface area contributed by atoms with Gasteiger partial charge in [0.05, 0.1) is 5.71 Å². The molecule has 0 aromatic heterocycles. The predicted octanol–water partition coefficient (Wildman–Crippen LogP) is 4.27. The molecular weight excluding hydrogens is 272 g/mol. The molecule has 2 aromatic rings. The molecule has 3 heteroatoms. The Morgan fingerprint density at radius 3 is 2.05 bits per heavy atom. The molecule has 114 valence electrons. The summed E-state index contributed by atoms with van der Waals surface area (Å²) < 4.78 is 0. The van der Waals surface area contributed by atoms with E-state index in [0.29, 0.717) is 0 Å². The van der Waals surface area contributed by atoms with E-state index in [4.69, 9.17) is 0 Å². The molecule has 0 bridgehead atoms. The minimum Gasteiger partial charge on any atom is -0.411 e. The van der Waals surface area contributed by atoms with E-state index in [-0.39, 0.29) is 18.0 Å². The van der Waals surface area contributed by atoms with E-state index >= 15 is 0 Å². The van der Waals surface area contributed by atoms with E-state index in [1.165, 1.54) is 11.1 Å². The maximum atomic E-state index is 9.45. The minimum atomic E-state index is 0.192. The van der Waals surface area contributed by atoms with Crippen LogP contribution in [0.3, 0.4) is 0 Å². The average molecular weight is 294 g/mol. The Hall–Kier alpha value is -2.13. The first-order chi connectivity index (χ1) is 10.7. The quantitative estimate of drug-likeness (QED) is 0.663. The highest BCUT2D eigenvalue weighted by Gasteiger charge is 2.38. The fourth-order valence-corrected chi connectivity index (χ4v) is 3.59. The van der Waals surface area contributed by atoms with Crippen molar-refractivity contribution in [3.63, 3.8) is 0 Å². The number of hydrogen-bond donors (Lipinski definition) is 1. The summed E-state index contributed by atoms with van der Waals surface area (Å²) in [7, 11) is 2.17. The van der Waals surface area contributed by atoms with Crippen LogP contribution in [-0.2, 0) is 0 Å². The number of piperidine rings is 1. The fourth-order valence-electron chi connectivity index (χ4n) is 3.59. The Bertz CT molecular complexity index is 639. The van der Waals surface area contributed by atoms with Gasteiger partial charge in [-0.25, -0.2) is 0 Å². The molecule has 0 amide bonds. The number of oxime groups is 1. The van der Waals surface area contributed by atoms with Gasteiger partial charge < -0.3 is 5.21 Å². The van der Waals surface area contributed by atoms with Gasteiger partial charge in [-0.2, -0.15) is 0 Å². The first kappa shape index (κ1) is 14.8. The Kier molecular flexibility index (Phi) is 4.25. The second-order valence-electron chi connectivity index (χ2n) is 6.03. The van der Waals surface area contributed by atoms with Crippen LogP contribution < -0.4 is 0 Å². The maximum Gasteiger partial charge on any atom is 0.0636 e. The van der Waals surface area contributed by atoms with Crippen molar-refractivity contribution in [1.29, 1.82) is 0 Å². The average Bonchev–Trinajstić information content (AvgIpc) is 2.57. The Morgan fingerprint density at radius 1 is 0.955 bits per heavy atom. The normalized spacial score (nSPS) is 27.9. The summed E-state index contributed by atoms with van der Waals surface area (Å²) in [5, 5.41) is 13.1. The van der Waals surface area contributed by atoms with Crippen LogP contribution in [0, 0.1) is 5.92 Å². The van der Waals surface area contributed by atoms with Crippen LogP contribution in [-0.4, -0.2) is 22.9 Å². The number of rotatable bonds is 2. The lowest BCUT2D eigenvalue weighted by Crippen LogP contribution is -2.42. The summed E-state index contributed by atoms with van der Waals surface area (Å²) in [6, 6.07) is 21.4. The molecular formula is C19H22N2O. The Labute approximate surface area is 131 Å². The largest absolute Gasteiger partial charge is 0.411 e. The molecule has 22 heavy (non-hydrogen) atoms. The minimum absolute atomic E-state index is 0.192. The molecule has 1 aliphatic rings. The molecule has 3 nitrogen and oxygen atoms in total. The van der Waals surface area contributed by atoms with E-state index < -0.39 is 0 Å². The maximum absolute atomic E-state index is 9.45. The van der Waals surface area contributed by atoms with Crippen LogP contribution in [0.4, 0.5) is 0 Å². The lowest BCUT2D eigenvalue weighted by Gasteiger charge is -2.44. The Morgan fingerprint density at radius 2 is 1.50 bits per heavy atom. The smallest absolute Gasteiger partial charge is 0.0636 e. The first-order valence-electron chi connectivity index (χ1n) is 7.75. The lowest BCUT2D eigenvalue weighted by atomic mass is 9.80. The Balaban J connectivity index is 2.01. The van der Waals surface area contributed by atoms with Crippen LogP contribution in [0.5, 0.6) is 0 Å². The van der Waals surface area contributed by atoms with Crippen LogP contribution in [0.25, 0.3) is 0 Å². The van der Waals surface area contributed by atoms with Gasteiger partial charge in [0, 0.05) is 24.4 Å². The third-order valence-electron chi connectivity index (χ3n) is 4.79. The van der Waals surface area contributed by atoms with Gasteiger partial charge in [0.1, 0.15) is 0 Å². The van der Waals surface area contributed by atoms with Gasteiger partial charge in [-0.1, -0.05) is 72.7 Å². The van der Waals surface area contributed by atoms with Crippen LogP contribution >= 0.6 is 0 Å². The van der Waals surface area contributed by atoms with E-state index in [9.17, 15) is 5.21 Å². The van der Waals surface area contributed by atoms with Gasteiger partial charge in [-0.3, -0.25) is 4.90 Å². The van der Waals surface area contributed by atoms with Crippen molar-refractivity contribution in [2.24, 2.45) is 11.1 Å². The lowest BCUT2D eigenvalue weighted by molar-refractivity contribution is 0.128. The van der Waals surface area contributed by atoms with Gasteiger partial charge >= 0.3 is 0 Å². The number of nitrogens with zero attached hydrogens (tertiary/aromatic N) is 2. The highest BCUT2D eigenvalue weighted by atomic mass is 16.4. The van der Waals surface area contributed by atoms with Crippen molar-refractivity contribution in [3.05, 3.63) is 71.8 Å². The molecule has 0 spiro atoms. The predicted molar refractivity (Wildman–Crippen MR) is 89.1 cm³/mol.